The maximum atomic E-state index is 5.80. The summed E-state index contributed by atoms with van der Waals surface area (Å²) in [7, 11) is 0. The lowest BCUT2D eigenvalue weighted by molar-refractivity contribution is 0.633. The highest BCUT2D eigenvalue weighted by Crippen LogP contribution is 2.37. The van der Waals surface area contributed by atoms with Gasteiger partial charge in [-0.15, -0.1) is 0 Å². The second kappa shape index (κ2) is 4.67. The van der Waals surface area contributed by atoms with Crippen LogP contribution in [0.1, 0.15) is 19.8 Å². The van der Waals surface area contributed by atoms with Crippen molar-refractivity contribution in [3.63, 3.8) is 0 Å². The molecule has 0 aromatic carbocycles. The molecule has 1 aromatic rings. The number of aromatic nitrogens is 2. The Hall–Kier alpha value is -0.680. The van der Waals surface area contributed by atoms with Crippen LogP contribution in [-0.2, 0) is 0 Å². The normalized spacial score (nSPS) is 24.6. The molecule has 2 rings (SSSR count). The third kappa shape index (κ3) is 2.92. The summed E-state index contributed by atoms with van der Waals surface area (Å²) < 4.78 is 0.298. The van der Waals surface area contributed by atoms with Gasteiger partial charge in [0.25, 0.3) is 0 Å². The van der Waals surface area contributed by atoms with E-state index in [1.165, 1.54) is 18.6 Å². The molecule has 1 fully saturated rings. The molecule has 1 saturated heterocycles. The van der Waals surface area contributed by atoms with Gasteiger partial charge in [0.1, 0.15) is 11.0 Å². The maximum absolute atomic E-state index is 5.80. The van der Waals surface area contributed by atoms with Crippen molar-refractivity contribution in [3.8, 4) is 0 Å². The van der Waals surface area contributed by atoms with Crippen molar-refractivity contribution in [1.82, 2.24) is 9.97 Å². The molecule has 1 atom stereocenters. The number of anilines is 2. The first-order valence-corrected chi connectivity index (χ1v) is 6.62. The van der Waals surface area contributed by atoms with Gasteiger partial charge in [-0.3, -0.25) is 0 Å². The minimum atomic E-state index is 0.208. The Morgan fingerprint density at radius 1 is 1.62 bits per heavy atom. The number of nitrogen functional groups attached to an aromatic ring is 1. The lowest BCUT2D eigenvalue weighted by Crippen LogP contribution is -2.27. The Kier molecular flexibility index (Phi) is 3.44. The van der Waals surface area contributed by atoms with E-state index in [0.717, 1.165) is 6.54 Å². The van der Waals surface area contributed by atoms with E-state index in [2.05, 4.69) is 22.2 Å². The van der Waals surface area contributed by atoms with Crippen molar-refractivity contribution in [2.75, 3.05) is 23.3 Å². The van der Waals surface area contributed by atoms with Gasteiger partial charge in [0.05, 0.1) is 0 Å². The predicted octanol–water partition coefficient (Wildman–Crippen LogP) is 2.41. The summed E-state index contributed by atoms with van der Waals surface area (Å²) in [4.78, 5) is 7.91. The third-order valence-corrected chi connectivity index (χ3v) is 4.39. The summed E-state index contributed by atoms with van der Waals surface area (Å²) in [6.07, 6.45) is 2.52. The summed E-state index contributed by atoms with van der Waals surface area (Å²) >= 11 is 7.81. The number of nitrogens with one attached hydrogen (secondary N) is 1. The van der Waals surface area contributed by atoms with Crippen molar-refractivity contribution < 1.29 is 0 Å². The van der Waals surface area contributed by atoms with Crippen LogP contribution in [0, 0.1) is 0 Å². The van der Waals surface area contributed by atoms with E-state index in [9.17, 15) is 0 Å². The molecule has 1 aliphatic rings. The smallest absolute Gasteiger partial charge is 0.223 e. The molecule has 2 heterocycles. The number of rotatable bonds is 3. The third-order valence-electron chi connectivity index (χ3n) is 2.66. The van der Waals surface area contributed by atoms with Crippen LogP contribution >= 0.6 is 23.4 Å². The van der Waals surface area contributed by atoms with Crippen LogP contribution in [-0.4, -0.2) is 27.0 Å². The molecule has 0 bridgehead atoms. The molecule has 0 radical (unpaired) electrons. The van der Waals surface area contributed by atoms with Crippen molar-refractivity contribution in [1.29, 1.82) is 0 Å². The molecule has 4 nitrogen and oxygen atoms in total. The summed E-state index contributed by atoms with van der Waals surface area (Å²) in [6.45, 7) is 3.15. The van der Waals surface area contributed by atoms with Crippen LogP contribution in [0.15, 0.2) is 6.07 Å². The quantitative estimate of drug-likeness (QED) is 0.816. The fourth-order valence-corrected chi connectivity index (χ4v) is 3.21. The molecule has 1 aliphatic heterocycles. The average molecular weight is 259 g/mol. The van der Waals surface area contributed by atoms with E-state index < -0.39 is 0 Å². The van der Waals surface area contributed by atoms with Gasteiger partial charge in [-0.1, -0.05) is 11.6 Å². The zero-order chi connectivity index (χ0) is 11.6. The maximum Gasteiger partial charge on any atom is 0.223 e. The van der Waals surface area contributed by atoms with Gasteiger partial charge in [0.15, 0.2) is 0 Å². The van der Waals surface area contributed by atoms with E-state index in [4.69, 9.17) is 17.3 Å². The molecule has 0 aliphatic carbocycles. The van der Waals surface area contributed by atoms with Crippen LogP contribution in [0.5, 0.6) is 0 Å². The first-order valence-electron chi connectivity index (χ1n) is 5.25. The van der Waals surface area contributed by atoms with Crippen molar-refractivity contribution >= 4 is 35.1 Å². The second-order valence-electron chi connectivity index (χ2n) is 4.19. The van der Waals surface area contributed by atoms with Crippen LogP contribution in [0.3, 0.4) is 0 Å². The molecular formula is C10H15ClN4S. The van der Waals surface area contributed by atoms with Gasteiger partial charge >= 0.3 is 0 Å². The van der Waals surface area contributed by atoms with Crippen molar-refractivity contribution in [2.24, 2.45) is 0 Å². The Labute approximate surface area is 104 Å². The number of hydrogen-bond donors (Lipinski definition) is 2. The monoisotopic (exact) mass is 258 g/mol. The molecule has 88 valence electrons. The first kappa shape index (κ1) is 11.8. The van der Waals surface area contributed by atoms with E-state index in [1.54, 1.807) is 6.07 Å². The zero-order valence-corrected chi connectivity index (χ0v) is 10.7. The van der Waals surface area contributed by atoms with Gasteiger partial charge in [0, 0.05) is 17.4 Å². The van der Waals surface area contributed by atoms with Crippen LogP contribution in [0.2, 0.25) is 5.15 Å². The van der Waals surface area contributed by atoms with Gasteiger partial charge in [0.2, 0.25) is 5.95 Å². The molecule has 0 saturated carbocycles. The van der Waals surface area contributed by atoms with Gasteiger partial charge < -0.3 is 11.1 Å². The Morgan fingerprint density at radius 2 is 2.44 bits per heavy atom. The molecule has 6 heteroatoms. The Bertz CT molecular complexity index is 359. The van der Waals surface area contributed by atoms with E-state index >= 15 is 0 Å². The predicted molar refractivity (Wildman–Crippen MR) is 70.0 cm³/mol. The topological polar surface area (TPSA) is 63.8 Å². The number of hydrogen-bond acceptors (Lipinski definition) is 5. The number of thioether (sulfide) groups is 1. The molecule has 1 unspecified atom stereocenters. The highest BCUT2D eigenvalue weighted by atomic mass is 35.5. The lowest BCUT2D eigenvalue weighted by Gasteiger charge is -2.23. The average Bonchev–Trinajstić information content (AvgIpc) is 2.62. The van der Waals surface area contributed by atoms with Gasteiger partial charge in [-0.25, -0.2) is 4.98 Å². The molecule has 16 heavy (non-hydrogen) atoms. The minimum absolute atomic E-state index is 0.208. The highest BCUT2D eigenvalue weighted by Gasteiger charge is 2.29. The molecule has 1 aromatic heterocycles. The Morgan fingerprint density at radius 3 is 3.06 bits per heavy atom. The van der Waals surface area contributed by atoms with E-state index in [0.29, 0.717) is 15.7 Å². The SMILES string of the molecule is CC1(CNc2cc(Cl)nc(N)n2)CCCS1. The Balaban J connectivity index is 1.98. The fraction of sp³-hybridized carbons (Fsp3) is 0.600. The summed E-state index contributed by atoms with van der Waals surface area (Å²) in [5.41, 5.74) is 5.52. The molecule has 0 amide bonds. The van der Waals surface area contributed by atoms with Crippen LogP contribution < -0.4 is 11.1 Å². The summed E-state index contributed by atoms with van der Waals surface area (Å²) in [5.74, 6) is 2.15. The molecule has 3 N–H and O–H groups in total. The molecular weight excluding hydrogens is 244 g/mol. The minimum Gasteiger partial charge on any atom is -0.368 e. The second-order valence-corrected chi connectivity index (χ2v) is 6.26. The fourth-order valence-electron chi connectivity index (χ4n) is 1.78. The number of nitrogens with zero attached hydrogens (tertiary/aromatic N) is 2. The first-order chi connectivity index (χ1) is 7.57. The van der Waals surface area contributed by atoms with Gasteiger partial charge in [-0.2, -0.15) is 16.7 Å². The van der Waals surface area contributed by atoms with Crippen molar-refractivity contribution in [2.45, 2.75) is 24.5 Å². The largest absolute Gasteiger partial charge is 0.368 e. The summed E-state index contributed by atoms with van der Waals surface area (Å²) in [6, 6.07) is 1.70. The molecule has 0 spiro atoms. The number of nitrogens with two attached hydrogens (primary N) is 1. The van der Waals surface area contributed by atoms with Crippen LogP contribution in [0.4, 0.5) is 11.8 Å². The van der Waals surface area contributed by atoms with E-state index in [1.807, 2.05) is 11.8 Å². The van der Waals surface area contributed by atoms with Crippen LogP contribution in [0.25, 0.3) is 0 Å². The lowest BCUT2D eigenvalue weighted by atomic mass is 10.1. The van der Waals surface area contributed by atoms with Crippen molar-refractivity contribution in [3.05, 3.63) is 11.2 Å². The number of halogens is 1. The highest BCUT2D eigenvalue weighted by molar-refractivity contribution is 8.00. The zero-order valence-electron chi connectivity index (χ0n) is 9.16. The summed E-state index contributed by atoms with van der Waals surface area (Å²) in [5, 5.41) is 3.65. The van der Waals surface area contributed by atoms with Gasteiger partial charge in [-0.05, 0) is 25.5 Å². The van der Waals surface area contributed by atoms with E-state index in [-0.39, 0.29) is 5.95 Å². The standard InChI is InChI=1S/C10H15ClN4S/c1-10(3-2-4-16-10)6-13-8-5-7(11)14-9(12)15-8/h5H,2-4,6H2,1H3,(H3,12,13,14,15).